The number of ether oxygens (including phenoxy) is 1. The van der Waals surface area contributed by atoms with Crippen molar-refractivity contribution >= 4 is 23.3 Å². The molecule has 2 aromatic carbocycles. The molecule has 1 aliphatic heterocycles. The topological polar surface area (TPSA) is 67.4 Å². The fraction of sp³-hybridized carbons (Fsp3) is 0.391. The van der Waals surface area contributed by atoms with Crippen LogP contribution in [0.4, 0.5) is 11.4 Å². The Bertz CT molecular complexity index is 931. The van der Waals surface area contributed by atoms with Crippen LogP contribution in [-0.4, -0.2) is 19.0 Å². The molecule has 1 heterocycles. The molecule has 0 bridgehead atoms. The van der Waals surface area contributed by atoms with Gasteiger partial charge in [-0.1, -0.05) is 32.0 Å². The highest BCUT2D eigenvalue weighted by Crippen LogP contribution is 2.47. The molecule has 4 rings (SSSR count). The SMILES string of the molecule is COC(=O)c1ccc2c(c1)CC(C)(C)C(c1ccccc1NC(=O)C1CC1)N2. The Balaban J connectivity index is 1.66. The maximum atomic E-state index is 12.3. The summed E-state index contributed by atoms with van der Waals surface area (Å²) in [7, 11) is 1.40. The molecule has 1 atom stereocenters. The molecule has 0 aromatic heterocycles. The molecule has 5 nitrogen and oxygen atoms in total. The van der Waals surface area contributed by atoms with Crippen LogP contribution in [0.2, 0.25) is 0 Å². The number of rotatable bonds is 4. The molecule has 0 radical (unpaired) electrons. The molecular formula is C23H26N2O3. The minimum absolute atomic E-state index is 0.0414. The quantitative estimate of drug-likeness (QED) is 0.766. The van der Waals surface area contributed by atoms with Crippen LogP contribution in [0.5, 0.6) is 0 Å². The second-order valence-electron chi connectivity index (χ2n) is 8.46. The number of methoxy groups -OCH3 is 1. The number of fused-ring (bicyclic) bond motifs is 1. The smallest absolute Gasteiger partial charge is 0.337 e. The van der Waals surface area contributed by atoms with E-state index in [-0.39, 0.29) is 29.3 Å². The minimum atomic E-state index is -0.323. The Morgan fingerprint density at radius 2 is 1.89 bits per heavy atom. The van der Waals surface area contributed by atoms with Crippen molar-refractivity contribution in [2.75, 3.05) is 17.7 Å². The first-order chi connectivity index (χ1) is 13.4. The van der Waals surface area contributed by atoms with E-state index in [0.29, 0.717) is 5.56 Å². The molecule has 2 N–H and O–H groups in total. The number of hydrogen-bond acceptors (Lipinski definition) is 4. The average Bonchev–Trinajstić information content (AvgIpc) is 3.51. The minimum Gasteiger partial charge on any atom is -0.465 e. The summed E-state index contributed by atoms with van der Waals surface area (Å²) in [5.74, 6) is -0.0436. The Morgan fingerprint density at radius 3 is 2.61 bits per heavy atom. The lowest BCUT2D eigenvalue weighted by Crippen LogP contribution is -2.35. The van der Waals surface area contributed by atoms with Crippen LogP contribution < -0.4 is 10.6 Å². The van der Waals surface area contributed by atoms with Crippen molar-refractivity contribution in [3.05, 3.63) is 59.2 Å². The van der Waals surface area contributed by atoms with Gasteiger partial charge in [-0.05, 0) is 60.1 Å². The van der Waals surface area contributed by atoms with Gasteiger partial charge in [-0.25, -0.2) is 4.79 Å². The summed E-state index contributed by atoms with van der Waals surface area (Å²) in [5.41, 5.74) is 4.53. The Labute approximate surface area is 165 Å². The number of nitrogens with one attached hydrogen (secondary N) is 2. The summed E-state index contributed by atoms with van der Waals surface area (Å²) in [6.45, 7) is 4.41. The highest BCUT2D eigenvalue weighted by molar-refractivity contribution is 5.95. The summed E-state index contributed by atoms with van der Waals surface area (Å²) >= 11 is 0. The zero-order chi connectivity index (χ0) is 19.9. The van der Waals surface area contributed by atoms with Crippen LogP contribution in [0.3, 0.4) is 0 Å². The van der Waals surface area contributed by atoms with E-state index in [1.54, 1.807) is 6.07 Å². The molecule has 28 heavy (non-hydrogen) atoms. The predicted molar refractivity (Wildman–Crippen MR) is 109 cm³/mol. The van der Waals surface area contributed by atoms with Crippen molar-refractivity contribution in [1.29, 1.82) is 0 Å². The first-order valence-electron chi connectivity index (χ1n) is 9.76. The Morgan fingerprint density at radius 1 is 1.14 bits per heavy atom. The fourth-order valence-corrected chi connectivity index (χ4v) is 4.01. The van der Waals surface area contributed by atoms with Gasteiger partial charge in [0.15, 0.2) is 0 Å². The van der Waals surface area contributed by atoms with Gasteiger partial charge in [0.2, 0.25) is 5.91 Å². The third-order valence-electron chi connectivity index (χ3n) is 5.73. The molecule has 1 aliphatic carbocycles. The van der Waals surface area contributed by atoms with E-state index < -0.39 is 0 Å². The summed E-state index contributed by atoms with van der Waals surface area (Å²) < 4.78 is 4.85. The number of anilines is 2. The van der Waals surface area contributed by atoms with Crippen molar-refractivity contribution in [2.45, 2.75) is 39.2 Å². The van der Waals surface area contributed by atoms with Gasteiger partial charge in [-0.2, -0.15) is 0 Å². The number of carbonyl (C=O) groups is 2. The molecule has 2 aliphatic rings. The van der Waals surface area contributed by atoms with E-state index in [1.165, 1.54) is 7.11 Å². The van der Waals surface area contributed by atoms with Crippen molar-refractivity contribution in [1.82, 2.24) is 0 Å². The lowest BCUT2D eigenvalue weighted by atomic mass is 9.72. The van der Waals surface area contributed by atoms with E-state index in [9.17, 15) is 9.59 Å². The van der Waals surface area contributed by atoms with Crippen LogP contribution >= 0.6 is 0 Å². The summed E-state index contributed by atoms with van der Waals surface area (Å²) in [5, 5.41) is 6.77. The molecule has 1 saturated carbocycles. The first kappa shape index (κ1) is 18.5. The molecule has 0 spiro atoms. The van der Waals surface area contributed by atoms with E-state index in [4.69, 9.17) is 4.74 Å². The number of para-hydroxylation sites is 1. The maximum Gasteiger partial charge on any atom is 0.337 e. The normalized spacial score (nSPS) is 19.9. The molecule has 5 heteroatoms. The van der Waals surface area contributed by atoms with Gasteiger partial charge >= 0.3 is 5.97 Å². The van der Waals surface area contributed by atoms with E-state index >= 15 is 0 Å². The zero-order valence-electron chi connectivity index (χ0n) is 16.5. The zero-order valence-corrected chi connectivity index (χ0v) is 16.5. The van der Waals surface area contributed by atoms with E-state index in [0.717, 1.165) is 41.8 Å². The van der Waals surface area contributed by atoms with Gasteiger partial charge in [0.1, 0.15) is 0 Å². The van der Waals surface area contributed by atoms with E-state index in [2.05, 4.69) is 30.5 Å². The summed E-state index contributed by atoms with van der Waals surface area (Å²) in [4.78, 5) is 24.2. The van der Waals surface area contributed by atoms with Crippen molar-refractivity contribution in [3.8, 4) is 0 Å². The van der Waals surface area contributed by atoms with Gasteiger partial charge < -0.3 is 15.4 Å². The van der Waals surface area contributed by atoms with Crippen LogP contribution in [0.25, 0.3) is 0 Å². The molecule has 146 valence electrons. The number of hydrogen-bond donors (Lipinski definition) is 2. The second-order valence-corrected chi connectivity index (χ2v) is 8.46. The maximum absolute atomic E-state index is 12.3. The fourth-order valence-electron chi connectivity index (χ4n) is 4.01. The third kappa shape index (κ3) is 3.49. The van der Waals surface area contributed by atoms with Crippen LogP contribution in [0.1, 0.15) is 54.2 Å². The van der Waals surface area contributed by atoms with Crippen LogP contribution in [0, 0.1) is 11.3 Å². The number of amides is 1. The summed E-state index contributed by atoms with van der Waals surface area (Å²) in [6.07, 6.45) is 2.78. The lowest BCUT2D eigenvalue weighted by Gasteiger charge is -2.42. The van der Waals surface area contributed by atoms with Gasteiger partial charge in [-0.3, -0.25) is 4.79 Å². The van der Waals surface area contributed by atoms with Crippen LogP contribution in [0.15, 0.2) is 42.5 Å². The van der Waals surface area contributed by atoms with Gasteiger partial charge in [0.05, 0.1) is 18.7 Å². The molecule has 0 saturated heterocycles. The monoisotopic (exact) mass is 378 g/mol. The third-order valence-corrected chi connectivity index (χ3v) is 5.73. The number of carbonyl (C=O) groups excluding carboxylic acids is 2. The number of benzene rings is 2. The van der Waals surface area contributed by atoms with Crippen molar-refractivity contribution < 1.29 is 14.3 Å². The summed E-state index contributed by atoms with van der Waals surface area (Å²) in [6, 6.07) is 13.7. The standard InChI is InChI=1S/C23H26N2O3/c1-23(2)13-16-12-15(22(27)28-3)10-11-18(16)24-20(23)17-6-4-5-7-19(17)25-21(26)14-8-9-14/h4-7,10-12,14,20,24H,8-9,13H2,1-3H3,(H,25,26). The predicted octanol–water partition coefficient (Wildman–Crippen LogP) is 4.56. The highest BCUT2D eigenvalue weighted by Gasteiger charge is 2.38. The van der Waals surface area contributed by atoms with Gasteiger partial charge in [0, 0.05) is 17.3 Å². The second kappa shape index (κ2) is 6.97. The van der Waals surface area contributed by atoms with Gasteiger partial charge in [0.25, 0.3) is 0 Å². The lowest BCUT2D eigenvalue weighted by molar-refractivity contribution is -0.117. The van der Waals surface area contributed by atoms with E-state index in [1.807, 2.05) is 30.3 Å². The Kier molecular flexibility index (Phi) is 4.61. The molecule has 2 aromatic rings. The largest absolute Gasteiger partial charge is 0.465 e. The molecular weight excluding hydrogens is 352 g/mol. The average molecular weight is 378 g/mol. The van der Waals surface area contributed by atoms with Crippen molar-refractivity contribution in [2.24, 2.45) is 11.3 Å². The van der Waals surface area contributed by atoms with Crippen LogP contribution in [-0.2, 0) is 16.0 Å². The highest BCUT2D eigenvalue weighted by atomic mass is 16.5. The Hall–Kier alpha value is -2.82. The first-order valence-corrected chi connectivity index (χ1v) is 9.76. The molecule has 1 amide bonds. The molecule has 1 fully saturated rings. The van der Waals surface area contributed by atoms with Crippen molar-refractivity contribution in [3.63, 3.8) is 0 Å². The molecule has 1 unspecified atom stereocenters. The van der Waals surface area contributed by atoms with Gasteiger partial charge in [-0.15, -0.1) is 0 Å². The number of esters is 1.